The fraction of sp³-hybridized carbons (Fsp3) is 0.294. The van der Waals surface area contributed by atoms with Gasteiger partial charge in [0.05, 0.1) is 0 Å². The van der Waals surface area contributed by atoms with Crippen molar-refractivity contribution >= 4 is 11.6 Å². The normalized spacial score (nSPS) is 12.2. The number of halogens is 1. The number of benzene rings is 2. The number of ether oxygens (including phenoxy) is 1. The molecule has 106 valence electrons. The van der Waals surface area contributed by atoms with Crippen molar-refractivity contribution in [2.45, 2.75) is 26.3 Å². The SMILES string of the molecule is CCc1ccccc1Oc1ccc(C(C)NC)c(Cl)c1. The van der Waals surface area contributed by atoms with Crippen LogP contribution in [0.2, 0.25) is 5.02 Å². The van der Waals surface area contributed by atoms with Gasteiger partial charge in [0.1, 0.15) is 11.5 Å². The minimum atomic E-state index is 0.222. The first-order valence-corrected chi connectivity index (χ1v) is 7.26. The molecule has 0 saturated heterocycles. The largest absolute Gasteiger partial charge is 0.457 e. The van der Waals surface area contributed by atoms with Gasteiger partial charge in [-0.05, 0) is 49.7 Å². The lowest BCUT2D eigenvalue weighted by molar-refractivity contribution is 0.476. The smallest absolute Gasteiger partial charge is 0.130 e. The highest BCUT2D eigenvalue weighted by atomic mass is 35.5. The van der Waals surface area contributed by atoms with E-state index in [1.54, 1.807) is 0 Å². The van der Waals surface area contributed by atoms with Crippen molar-refractivity contribution in [3.63, 3.8) is 0 Å². The Morgan fingerprint density at radius 1 is 1.20 bits per heavy atom. The third-order valence-electron chi connectivity index (χ3n) is 3.45. The van der Waals surface area contributed by atoms with E-state index in [-0.39, 0.29) is 6.04 Å². The van der Waals surface area contributed by atoms with Crippen LogP contribution in [-0.4, -0.2) is 7.05 Å². The summed E-state index contributed by atoms with van der Waals surface area (Å²) in [5, 5.41) is 3.90. The van der Waals surface area contributed by atoms with Crippen LogP contribution in [-0.2, 0) is 6.42 Å². The van der Waals surface area contributed by atoms with E-state index >= 15 is 0 Å². The topological polar surface area (TPSA) is 21.3 Å². The Morgan fingerprint density at radius 2 is 1.95 bits per heavy atom. The summed E-state index contributed by atoms with van der Waals surface area (Å²) in [5.41, 5.74) is 2.27. The Labute approximate surface area is 125 Å². The van der Waals surface area contributed by atoms with Crippen LogP contribution in [0.15, 0.2) is 42.5 Å². The van der Waals surface area contributed by atoms with Gasteiger partial charge in [0.2, 0.25) is 0 Å². The monoisotopic (exact) mass is 289 g/mol. The van der Waals surface area contributed by atoms with E-state index in [1.807, 2.05) is 43.4 Å². The van der Waals surface area contributed by atoms with Crippen molar-refractivity contribution < 1.29 is 4.74 Å². The van der Waals surface area contributed by atoms with Gasteiger partial charge in [0, 0.05) is 11.1 Å². The van der Waals surface area contributed by atoms with Crippen molar-refractivity contribution in [2.24, 2.45) is 0 Å². The molecule has 0 fully saturated rings. The fourth-order valence-electron chi connectivity index (χ4n) is 2.10. The second-order valence-corrected chi connectivity index (χ2v) is 5.16. The Balaban J connectivity index is 2.24. The average Bonchev–Trinajstić information content (AvgIpc) is 2.47. The number of hydrogen-bond donors (Lipinski definition) is 1. The Morgan fingerprint density at radius 3 is 2.60 bits per heavy atom. The summed E-state index contributed by atoms with van der Waals surface area (Å²) in [5.74, 6) is 1.66. The third-order valence-corrected chi connectivity index (χ3v) is 3.78. The van der Waals surface area contributed by atoms with Gasteiger partial charge in [-0.15, -0.1) is 0 Å². The lowest BCUT2D eigenvalue weighted by atomic mass is 10.1. The van der Waals surface area contributed by atoms with Crippen LogP contribution in [0.1, 0.15) is 31.0 Å². The molecule has 1 N–H and O–H groups in total. The lowest BCUT2D eigenvalue weighted by Crippen LogP contribution is -2.12. The molecule has 0 saturated carbocycles. The molecular weight excluding hydrogens is 270 g/mol. The molecule has 0 aliphatic heterocycles. The van der Waals surface area contributed by atoms with Crippen LogP contribution in [0, 0.1) is 0 Å². The molecule has 2 nitrogen and oxygen atoms in total. The van der Waals surface area contributed by atoms with Crippen molar-refractivity contribution in [3.05, 3.63) is 58.6 Å². The summed E-state index contributed by atoms with van der Waals surface area (Å²) in [6.45, 7) is 4.20. The van der Waals surface area contributed by atoms with E-state index in [9.17, 15) is 0 Å². The van der Waals surface area contributed by atoms with Crippen molar-refractivity contribution in [3.8, 4) is 11.5 Å². The molecule has 0 aliphatic rings. The molecule has 2 aromatic rings. The van der Waals surface area contributed by atoms with E-state index < -0.39 is 0 Å². The molecule has 0 aromatic heterocycles. The van der Waals surface area contributed by atoms with Crippen LogP contribution in [0.5, 0.6) is 11.5 Å². The second kappa shape index (κ2) is 6.78. The molecule has 0 heterocycles. The number of hydrogen-bond acceptors (Lipinski definition) is 2. The maximum atomic E-state index is 6.32. The Kier molecular flexibility index (Phi) is 5.05. The molecule has 1 atom stereocenters. The predicted molar refractivity (Wildman–Crippen MR) is 84.8 cm³/mol. The minimum Gasteiger partial charge on any atom is -0.457 e. The first kappa shape index (κ1) is 14.9. The maximum absolute atomic E-state index is 6.32. The van der Waals surface area contributed by atoms with Gasteiger partial charge in [0.25, 0.3) is 0 Å². The van der Waals surface area contributed by atoms with E-state index in [0.29, 0.717) is 0 Å². The molecular formula is C17H20ClNO. The van der Waals surface area contributed by atoms with E-state index in [2.05, 4.69) is 25.2 Å². The highest BCUT2D eigenvalue weighted by Gasteiger charge is 2.09. The predicted octanol–water partition coefficient (Wildman–Crippen LogP) is 4.98. The Hall–Kier alpha value is -1.51. The zero-order chi connectivity index (χ0) is 14.5. The van der Waals surface area contributed by atoms with Gasteiger partial charge < -0.3 is 10.1 Å². The molecule has 0 aliphatic carbocycles. The van der Waals surface area contributed by atoms with Crippen LogP contribution in [0.4, 0.5) is 0 Å². The van der Waals surface area contributed by atoms with Crippen molar-refractivity contribution in [1.29, 1.82) is 0 Å². The summed E-state index contributed by atoms with van der Waals surface area (Å²) < 4.78 is 5.94. The highest BCUT2D eigenvalue weighted by molar-refractivity contribution is 6.31. The number of nitrogens with one attached hydrogen (secondary N) is 1. The summed E-state index contributed by atoms with van der Waals surface area (Å²) in [4.78, 5) is 0. The van der Waals surface area contributed by atoms with Crippen LogP contribution >= 0.6 is 11.6 Å². The molecule has 0 spiro atoms. The first-order chi connectivity index (χ1) is 9.65. The number of rotatable bonds is 5. The zero-order valence-corrected chi connectivity index (χ0v) is 12.9. The van der Waals surface area contributed by atoms with Crippen LogP contribution in [0.3, 0.4) is 0 Å². The van der Waals surface area contributed by atoms with Crippen molar-refractivity contribution in [1.82, 2.24) is 5.32 Å². The number of aryl methyl sites for hydroxylation is 1. The van der Waals surface area contributed by atoms with Gasteiger partial charge in [-0.1, -0.05) is 42.8 Å². The van der Waals surface area contributed by atoms with Gasteiger partial charge >= 0.3 is 0 Å². The van der Waals surface area contributed by atoms with Gasteiger partial charge in [-0.25, -0.2) is 0 Å². The van der Waals surface area contributed by atoms with Gasteiger partial charge in [-0.3, -0.25) is 0 Å². The molecule has 0 bridgehead atoms. The van der Waals surface area contributed by atoms with Crippen LogP contribution in [0.25, 0.3) is 0 Å². The quantitative estimate of drug-likeness (QED) is 0.838. The molecule has 2 aromatic carbocycles. The van der Waals surface area contributed by atoms with Crippen LogP contribution < -0.4 is 10.1 Å². The van der Waals surface area contributed by atoms with Gasteiger partial charge in [0.15, 0.2) is 0 Å². The third kappa shape index (κ3) is 3.33. The molecule has 0 radical (unpaired) electrons. The Bertz CT molecular complexity index is 583. The summed E-state index contributed by atoms with van der Waals surface area (Å²) >= 11 is 6.32. The van der Waals surface area contributed by atoms with E-state index in [0.717, 1.165) is 28.5 Å². The average molecular weight is 290 g/mol. The molecule has 2 rings (SSSR count). The maximum Gasteiger partial charge on any atom is 0.130 e. The molecule has 1 unspecified atom stereocenters. The standard InChI is InChI=1S/C17H20ClNO/c1-4-13-7-5-6-8-17(13)20-14-9-10-15(12(2)19-3)16(18)11-14/h5-12,19H,4H2,1-3H3. The lowest BCUT2D eigenvalue weighted by Gasteiger charge is -2.15. The number of para-hydroxylation sites is 1. The van der Waals surface area contributed by atoms with Gasteiger partial charge in [-0.2, -0.15) is 0 Å². The van der Waals surface area contributed by atoms with E-state index in [4.69, 9.17) is 16.3 Å². The second-order valence-electron chi connectivity index (χ2n) is 4.76. The molecule has 3 heteroatoms. The van der Waals surface area contributed by atoms with Crippen molar-refractivity contribution in [2.75, 3.05) is 7.05 Å². The summed E-state index contributed by atoms with van der Waals surface area (Å²) in [6.07, 6.45) is 0.943. The minimum absolute atomic E-state index is 0.222. The summed E-state index contributed by atoms with van der Waals surface area (Å²) in [6, 6.07) is 14.1. The molecule has 0 amide bonds. The molecule has 20 heavy (non-hydrogen) atoms. The summed E-state index contributed by atoms with van der Waals surface area (Å²) in [7, 11) is 1.92. The first-order valence-electron chi connectivity index (χ1n) is 6.88. The van der Waals surface area contributed by atoms with E-state index in [1.165, 1.54) is 5.56 Å². The zero-order valence-electron chi connectivity index (χ0n) is 12.1. The highest BCUT2D eigenvalue weighted by Crippen LogP contribution is 2.31. The fourth-order valence-corrected chi connectivity index (χ4v) is 2.43.